The van der Waals surface area contributed by atoms with Gasteiger partial charge in [-0.2, -0.15) is 0 Å². The van der Waals surface area contributed by atoms with E-state index in [0.717, 1.165) is 42.5 Å². The van der Waals surface area contributed by atoms with E-state index in [9.17, 15) is 8.42 Å². The van der Waals surface area contributed by atoms with Gasteiger partial charge in [0.2, 0.25) is 0 Å². The summed E-state index contributed by atoms with van der Waals surface area (Å²) in [5, 5.41) is 4.14. The van der Waals surface area contributed by atoms with Crippen LogP contribution in [0.1, 0.15) is 19.4 Å². The smallest absolute Gasteiger partial charge is 0.193 e. The normalized spacial score (nSPS) is 21.8. The Labute approximate surface area is 202 Å². The Hall–Kier alpha value is -0.780. The lowest BCUT2D eigenvalue weighted by Crippen LogP contribution is -2.57. The summed E-state index contributed by atoms with van der Waals surface area (Å²) in [5.74, 6) is 0.844. The van der Waals surface area contributed by atoms with Gasteiger partial charge in [-0.25, -0.2) is 8.42 Å². The van der Waals surface area contributed by atoms with Crippen molar-refractivity contribution in [3.63, 3.8) is 0 Å². The van der Waals surface area contributed by atoms with E-state index < -0.39 is 14.6 Å². The third-order valence-corrected chi connectivity index (χ3v) is 8.80. The zero-order valence-electron chi connectivity index (χ0n) is 18.2. The Morgan fingerprint density at radius 1 is 1.20 bits per heavy atom. The maximum Gasteiger partial charge on any atom is 0.193 e. The molecule has 30 heavy (non-hydrogen) atoms. The van der Waals surface area contributed by atoms with Crippen molar-refractivity contribution in [1.82, 2.24) is 15.1 Å². The van der Waals surface area contributed by atoms with Gasteiger partial charge in [0.15, 0.2) is 15.8 Å². The van der Waals surface area contributed by atoms with Gasteiger partial charge < -0.3 is 20.0 Å². The van der Waals surface area contributed by atoms with Crippen molar-refractivity contribution >= 4 is 57.1 Å². The summed E-state index contributed by atoms with van der Waals surface area (Å²) in [6.07, 6.45) is 0. The Balaban J connectivity index is 0.00000320. The molecule has 2 saturated heterocycles. The molecule has 0 saturated carbocycles. The van der Waals surface area contributed by atoms with Gasteiger partial charge in [0, 0.05) is 69.1 Å². The number of hydrogen-bond donors (Lipinski definition) is 1. The first-order valence-electron chi connectivity index (χ1n) is 10.0. The van der Waals surface area contributed by atoms with Gasteiger partial charge in [0.1, 0.15) is 0 Å². The molecular weight excluding hydrogens is 537 g/mol. The fourth-order valence-corrected chi connectivity index (χ4v) is 5.49. The fraction of sp³-hybridized carbons (Fsp3) is 0.650. The molecule has 1 aromatic rings. The van der Waals surface area contributed by atoms with Crippen molar-refractivity contribution in [1.29, 1.82) is 0 Å². The molecule has 170 valence electrons. The van der Waals surface area contributed by atoms with Crippen LogP contribution in [0.5, 0.6) is 0 Å². The van der Waals surface area contributed by atoms with E-state index in [1.165, 1.54) is 0 Å². The largest absolute Gasteiger partial charge is 0.369 e. The number of nitrogens with zero attached hydrogens (tertiary/aromatic N) is 4. The number of aliphatic imine (C=N–C) groups is 1. The molecule has 0 atom stereocenters. The van der Waals surface area contributed by atoms with Gasteiger partial charge in [0.25, 0.3) is 0 Å². The molecule has 2 fully saturated rings. The van der Waals surface area contributed by atoms with E-state index >= 15 is 0 Å². The molecule has 2 aliphatic rings. The van der Waals surface area contributed by atoms with Crippen molar-refractivity contribution in [2.24, 2.45) is 4.99 Å². The second-order valence-corrected chi connectivity index (χ2v) is 11.6. The van der Waals surface area contributed by atoms with Crippen molar-refractivity contribution in [3.8, 4) is 0 Å². The fourth-order valence-electron chi connectivity index (χ4n) is 3.89. The molecule has 2 aliphatic heterocycles. The van der Waals surface area contributed by atoms with Crippen LogP contribution in [0.15, 0.2) is 23.2 Å². The standard InChI is InChI=1S/C20H32ClN5O2S.HI/c1-20(2)15-26(12-13-29(20,27)28)19(22-3)23-14-16-17(21)6-5-7-18(16)25-10-8-24(4)9-11-25;/h5-7H,8-15H2,1-4H3,(H,22,23);1H. The zero-order chi connectivity index (χ0) is 21.2. The van der Waals surface area contributed by atoms with Crippen LogP contribution in [0.4, 0.5) is 5.69 Å². The van der Waals surface area contributed by atoms with Gasteiger partial charge in [-0.1, -0.05) is 17.7 Å². The van der Waals surface area contributed by atoms with Crippen LogP contribution in [0.2, 0.25) is 5.02 Å². The van der Waals surface area contributed by atoms with Crippen LogP contribution >= 0.6 is 35.6 Å². The summed E-state index contributed by atoms with van der Waals surface area (Å²) >= 11 is 6.56. The average molecular weight is 570 g/mol. The Kier molecular flexibility index (Phi) is 8.68. The molecule has 0 amide bonds. The number of benzene rings is 1. The number of hydrogen-bond acceptors (Lipinski definition) is 5. The molecule has 1 aromatic carbocycles. The van der Waals surface area contributed by atoms with Crippen LogP contribution in [-0.2, 0) is 16.4 Å². The molecular formula is C20H33ClIN5O2S. The number of anilines is 1. The SMILES string of the molecule is CN=C(NCc1c(Cl)cccc1N1CCN(C)CC1)N1CCS(=O)(=O)C(C)(C)C1.I. The molecule has 0 aliphatic carbocycles. The summed E-state index contributed by atoms with van der Waals surface area (Å²) in [6, 6.07) is 6.03. The summed E-state index contributed by atoms with van der Waals surface area (Å²) in [6.45, 7) is 8.95. The number of piperazine rings is 1. The third-order valence-electron chi connectivity index (χ3n) is 5.92. The lowest BCUT2D eigenvalue weighted by Gasteiger charge is -2.39. The molecule has 10 heteroatoms. The number of guanidine groups is 1. The number of rotatable bonds is 3. The summed E-state index contributed by atoms with van der Waals surface area (Å²) in [7, 11) is 0.778. The van der Waals surface area contributed by atoms with Gasteiger partial charge in [0.05, 0.1) is 10.5 Å². The van der Waals surface area contributed by atoms with Gasteiger partial charge in [-0.15, -0.1) is 24.0 Å². The maximum absolute atomic E-state index is 12.3. The quantitative estimate of drug-likeness (QED) is 0.342. The highest BCUT2D eigenvalue weighted by Crippen LogP contribution is 2.29. The third kappa shape index (κ3) is 5.52. The number of sulfone groups is 1. The predicted molar refractivity (Wildman–Crippen MR) is 136 cm³/mol. The molecule has 0 radical (unpaired) electrons. The molecule has 0 unspecified atom stereocenters. The summed E-state index contributed by atoms with van der Waals surface area (Å²) in [5.41, 5.74) is 2.19. The Morgan fingerprint density at radius 2 is 1.87 bits per heavy atom. The van der Waals surface area contributed by atoms with Gasteiger partial charge in [-0.3, -0.25) is 4.99 Å². The highest BCUT2D eigenvalue weighted by molar-refractivity contribution is 14.0. The molecule has 0 spiro atoms. The second kappa shape index (κ2) is 10.2. The predicted octanol–water partition coefficient (Wildman–Crippen LogP) is 2.29. The Morgan fingerprint density at radius 3 is 2.47 bits per heavy atom. The minimum Gasteiger partial charge on any atom is -0.369 e. The molecule has 2 heterocycles. The van der Waals surface area contributed by atoms with Crippen LogP contribution in [0.3, 0.4) is 0 Å². The number of halogens is 2. The van der Waals surface area contributed by atoms with Crippen LogP contribution in [0.25, 0.3) is 0 Å². The van der Waals surface area contributed by atoms with E-state index in [1.807, 2.05) is 17.0 Å². The summed E-state index contributed by atoms with van der Waals surface area (Å²) < 4.78 is 23.8. The van der Waals surface area contributed by atoms with Crippen LogP contribution in [0, 0.1) is 0 Å². The minimum atomic E-state index is -3.09. The number of nitrogens with one attached hydrogen (secondary N) is 1. The molecule has 0 aromatic heterocycles. The molecule has 3 rings (SSSR count). The Bertz CT molecular complexity index is 870. The molecule has 7 nitrogen and oxygen atoms in total. The highest BCUT2D eigenvalue weighted by atomic mass is 127. The van der Waals surface area contributed by atoms with Crippen LogP contribution in [-0.4, -0.2) is 88.0 Å². The van der Waals surface area contributed by atoms with Crippen molar-refractivity contribution < 1.29 is 8.42 Å². The maximum atomic E-state index is 12.3. The first-order valence-corrected chi connectivity index (χ1v) is 12.1. The van der Waals surface area contributed by atoms with E-state index in [-0.39, 0.29) is 29.7 Å². The second-order valence-electron chi connectivity index (χ2n) is 8.43. The zero-order valence-corrected chi connectivity index (χ0v) is 22.1. The van der Waals surface area contributed by atoms with E-state index in [0.29, 0.717) is 25.6 Å². The lowest BCUT2D eigenvalue weighted by molar-refractivity contribution is 0.312. The van der Waals surface area contributed by atoms with Crippen molar-refractivity contribution in [3.05, 3.63) is 28.8 Å². The van der Waals surface area contributed by atoms with E-state index in [1.54, 1.807) is 20.9 Å². The highest BCUT2D eigenvalue weighted by Gasteiger charge is 2.41. The topological polar surface area (TPSA) is 68.2 Å². The first-order chi connectivity index (χ1) is 13.6. The van der Waals surface area contributed by atoms with Crippen molar-refractivity contribution in [2.75, 3.05) is 64.0 Å². The minimum absolute atomic E-state index is 0. The molecule has 0 bridgehead atoms. The number of likely N-dealkylation sites (N-methyl/N-ethyl adjacent to an activating group) is 1. The van der Waals surface area contributed by atoms with Gasteiger partial charge in [-0.05, 0) is 33.0 Å². The van der Waals surface area contributed by atoms with E-state index in [4.69, 9.17) is 11.6 Å². The van der Waals surface area contributed by atoms with Crippen LogP contribution < -0.4 is 10.2 Å². The average Bonchev–Trinajstić information content (AvgIpc) is 2.66. The lowest BCUT2D eigenvalue weighted by atomic mass is 10.1. The van der Waals surface area contributed by atoms with E-state index in [2.05, 4.69) is 33.2 Å². The monoisotopic (exact) mass is 569 g/mol. The molecule has 1 N–H and O–H groups in total. The van der Waals surface area contributed by atoms with Crippen molar-refractivity contribution in [2.45, 2.75) is 25.1 Å². The van der Waals surface area contributed by atoms with Gasteiger partial charge >= 0.3 is 0 Å². The first kappa shape index (κ1) is 25.5. The summed E-state index contributed by atoms with van der Waals surface area (Å²) in [4.78, 5) is 11.1.